The van der Waals surface area contributed by atoms with E-state index in [0.717, 1.165) is 25.4 Å². The Morgan fingerprint density at radius 3 is 2.85 bits per heavy atom. The SMILES string of the molecule is Cc1ccc(-c2cc3c4c(c2)[C@@H]2CNCC[C@@H]2N4CCS(=O)C3)c(C)c1.O. The molecule has 0 aromatic heterocycles. The van der Waals surface area contributed by atoms with E-state index >= 15 is 0 Å². The van der Waals surface area contributed by atoms with Crippen molar-refractivity contribution in [1.82, 2.24) is 5.32 Å². The fourth-order valence-corrected chi connectivity index (χ4v) is 6.29. The van der Waals surface area contributed by atoms with Crippen molar-refractivity contribution in [2.75, 3.05) is 30.3 Å². The van der Waals surface area contributed by atoms with E-state index in [-0.39, 0.29) is 5.48 Å². The summed E-state index contributed by atoms with van der Waals surface area (Å²) in [6.07, 6.45) is 1.18. The molecule has 3 aliphatic rings. The molecule has 0 saturated carbocycles. The monoisotopic (exact) mass is 384 g/mol. The molecular weight excluding hydrogens is 356 g/mol. The molecule has 27 heavy (non-hydrogen) atoms. The number of piperidine rings is 1. The van der Waals surface area contributed by atoms with Crippen molar-refractivity contribution in [3.8, 4) is 11.1 Å². The quantitative estimate of drug-likeness (QED) is 0.822. The van der Waals surface area contributed by atoms with Gasteiger partial charge in [-0.3, -0.25) is 4.21 Å². The van der Waals surface area contributed by atoms with Gasteiger partial charge in [-0.05, 0) is 66.8 Å². The van der Waals surface area contributed by atoms with E-state index in [1.807, 2.05) is 0 Å². The topological polar surface area (TPSA) is 63.8 Å². The van der Waals surface area contributed by atoms with Crippen molar-refractivity contribution in [1.29, 1.82) is 0 Å². The van der Waals surface area contributed by atoms with Gasteiger partial charge in [0, 0.05) is 47.3 Å². The lowest BCUT2D eigenvalue weighted by Crippen LogP contribution is -2.45. The minimum atomic E-state index is -0.757. The van der Waals surface area contributed by atoms with Gasteiger partial charge in [-0.1, -0.05) is 23.8 Å². The van der Waals surface area contributed by atoms with Crippen molar-refractivity contribution < 1.29 is 9.69 Å². The minimum absolute atomic E-state index is 0. The molecule has 3 aliphatic heterocycles. The summed E-state index contributed by atoms with van der Waals surface area (Å²) in [5.74, 6) is 2.06. The summed E-state index contributed by atoms with van der Waals surface area (Å²) in [6.45, 7) is 7.44. The maximum Gasteiger partial charge on any atom is 0.0507 e. The second-order valence-corrected chi connectivity index (χ2v) is 9.62. The number of fused-ring (bicyclic) bond motifs is 3. The molecule has 3 atom stereocenters. The van der Waals surface area contributed by atoms with Crippen LogP contribution < -0.4 is 10.2 Å². The second kappa shape index (κ2) is 7.04. The molecule has 5 rings (SSSR count). The zero-order valence-electron chi connectivity index (χ0n) is 16.0. The first-order chi connectivity index (χ1) is 12.6. The standard InChI is InChI=1S/C22H26N2OS.H2O/c1-14-3-4-18(15(2)9-14)16-10-17-13-26(25)8-7-24-21-5-6-23-12-20(21)19(11-16)22(17)24;/h3-4,9-11,20-21,23H,5-8,12-13H2,1-2H3;1H2/t20-,21-,26?;/m0./s1. The molecule has 2 aromatic carbocycles. The Balaban J connectivity index is 0.00000180. The van der Waals surface area contributed by atoms with Crippen LogP contribution in [-0.4, -0.2) is 41.1 Å². The fraction of sp³-hybridized carbons (Fsp3) is 0.455. The van der Waals surface area contributed by atoms with Gasteiger partial charge >= 0.3 is 0 Å². The predicted molar refractivity (Wildman–Crippen MR) is 113 cm³/mol. The number of aryl methyl sites for hydroxylation is 2. The summed E-state index contributed by atoms with van der Waals surface area (Å²) in [4.78, 5) is 2.59. The van der Waals surface area contributed by atoms with E-state index in [2.05, 4.69) is 54.4 Å². The van der Waals surface area contributed by atoms with Crippen LogP contribution in [0.2, 0.25) is 0 Å². The van der Waals surface area contributed by atoms with Gasteiger partial charge < -0.3 is 15.7 Å². The molecule has 0 aliphatic carbocycles. The molecule has 2 aromatic rings. The van der Waals surface area contributed by atoms with Gasteiger partial charge in [0.1, 0.15) is 0 Å². The molecule has 1 unspecified atom stereocenters. The maximum atomic E-state index is 12.5. The summed E-state index contributed by atoms with van der Waals surface area (Å²) >= 11 is 0. The summed E-state index contributed by atoms with van der Waals surface area (Å²) in [6, 6.07) is 12.0. The van der Waals surface area contributed by atoms with E-state index in [1.165, 1.54) is 45.5 Å². The minimum Gasteiger partial charge on any atom is -0.412 e. The molecule has 0 bridgehead atoms. The van der Waals surface area contributed by atoms with E-state index < -0.39 is 10.8 Å². The highest BCUT2D eigenvalue weighted by molar-refractivity contribution is 7.84. The molecule has 3 heterocycles. The Morgan fingerprint density at radius 2 is 2.04 bits per heavy atom. The number of benzene rings is 2. The largest absolute Gasteiger partial charge is 0.412 e. The second-order valence-electron chi connectivity index (χ2n) is 8.04. The van der Waals surface area contributed by atoms with Crippen LogP contribution >= 0.6 is 0 Å². The van der Waals surface area contributed by atoms with Gasteiger partial charge in [-0.2, -0.15) is 0 Å². The van der Waals surface area contributed by atoms with Gasteiger partial charge in [0.15, 0.2) is 0 Å². The number of anilines is 1. The smallest absolute Gasteiger partial charge is 0.0507 e. The third kappa shape index (κ3) is 3.02. The molecule has 0 amide bonds. The van der Waals surface area contributed by atoms with Crippen LogP contribution in [0.15, 0.2) is 30.3 Å². The van der Waals surface area contributed by atoms with Crippen molar-refractivity contribution in [3.63, 3.8) is 0 Å². The number of hydrogen-bond donors (Lipinski definition) is 1. The molecule has 4 nitrogen and oxygen atoms in total. The van der Waals surface area contributed by atoms with Crippen molar-refractivity contribution >= 4 is 16.5 Å². The zero-order chi connectivity index (χ0) is 17.8. The average molecular weight is 385 g/mol. The lowest BCUT2D eigenvalue weighted by molar-refractivity contribution is 0.406. The Labute approximate surface area is 163 Å². The Kier molecular flexibility index (Phi) is 4.87. The van der Waals surface area contributed by atoms with Crippen molar-refractivity contribution in [3.05, 3.63) is 52.6 Å². The number of rotatable bonds is 1. The Bertz CT molecular complexity index is 911. The summed E-state index contributed by atoms with van der Waals surface area (Å²) in [7, 11) is -0.757. The highest BCUT2D eigenvalue weighted by Gasteiger charge is 2.42. The van der Waals surface area contributed by atoms with Gasteiger partial charge in [0.2, 0.25) is 0 Å². The van der Waals surface area contributed by atoms with Gasteiger partial charge in [-0.25, -0.2) is 0 Å². The van der Waals surface area contributed by atoms with Crippen molar-refractivity contribution in [2.45, 2.75) is 38.0 Å². The number of nitrogens with one attached hydrogen (secondary N) is 1. The first-order valence-electron chi connectivity index (χ1n) is 9.68. The fourth-order valence-electron chi connectivity index (χ4n) is 5.18. The first kappa shape index (κ1) is 18.7. The van der Waals surface area contributed by atoms with Crippen molar-refractivity contribution in [2.24, 2.45) is 0 Å². The molecular formula is C22H28N2O2S. The van der Waals surface area contributed by atoms with Crippen LogP contribution in [0.4, 0.5) is 5.69 Å². The van der Waals surface area contributed by atoms with E-state index in [9.17, 15) is 4.21 Å². The molecule has 144 valence electrons. The summed E-state index contributed by atoms with van der Waals surface area (Å²) < 4.78 is 12.5. The molecule has 0 spiro atoms. The van der Waals surface area contributed by atoms with E-state index in [0.29, 0.717) is 17.7 Å². The predicted octanol–water partition coefficient (Wildman–Crippen LogP) is 2.67. The molecule has 0 radical (unpaired) electrons. The lowest BCUT2D eigenvalue weighted by atomic mass is 9.87. The Morgan fingerprint density at radius 1 is 1.19 bits per heavy atom. The molecule has 1 fully saturated rings. The zero-order valence-corrected chi connectivity index (χ0v) is 16.9. The van der Waals surface area contributed by atoms with Gasteiger partial charge in [0.25, 0.3) is 0 Å². The third-order valence-electron chi connectivity index (χ3n) is 6.32. The first-order valence-corrected chi connectivity index (χ1v) is 11.2. The van der Waals surface area contributed by atoms with E-state index in [4.69, 9.17) is 0 Å². The third-order valence-corrected chi connectivity index (χ3v) is 7.59. The van der Waals surface area contributed by atoms with Crippen LogP contribution in [0.5, 0.6) is 0 Å². The van der Waals surface area contributed by atoms with Crippen LogP contribution in [0.25, 0.3) is 11.1 Å². The van der Waals surface area contributed by atoms with E-state index in [1.54, 1.807) is 0 Å². The maximum absolute atomic E-state index is 12.5. The van der Waals surface area contributed by atoms with Crippen LogP contribution in [0.1, 0.15) is 34.6 Å². The summed E-state index contributed by atoms with van der Waals surface area (Å²) in [5, 5.41) is 3.60. The normalized spacial score (nSPS) is 26.0. The highest BCUT2D eigenvalue weighted by Crippen LogP contribution is 2.48. The molecule has 5 heteroatoms. The molecule has 1 saturated heterocycles. The number of nitrogens with zero attached hydrogens (tertiary/aromatic N) is 1. The van der Waals surface area contributed by atoms with Gasteiger partial charge in [0.05, 0.1) is 5.75 Å². The number of hydrogen-bond acceptors (Lipinski definition) is 3. The van der Waals surface area contributed by atoms with Gasteiger partial charge in [-0.15, -0.1) is 0 Å². The average Bonchev–Trinajstić information content (AvgIpc) is 2.83. The summed E-state index contributed by atoms with van der Waals surface area (Å²) in [5.41, 5.74) is 9.40. The van der Waals surface area contributed by atoms with Crippen LogP contribution in [0, 0.1) is 13.8 Å². The van der Waals surface area contributed by atoms with Crippen LogP contribution in [-0.2, 0) is 16.6 Å². The van der Waals surface area contributed by atoms with Crippen LogP contribution in [0.3, 0.4) is 0 Å². The lowest BCUT2D eigenvalue weighted by Gasteiger charge is -2.33. The molecule has 3 N–H and O–H groups in total. The Hall–Kier alpha value is -1.69. The highest BCUT2D eigenvalue weighted by atomic mass is 32.2.